The van der Waals surface area contributed by atoms with Crippen LogP contribution in [0.5, 0.6) is 0 Å². The second-order valence-corrected chi connectivity index (χ2v) is 4.33. The number of amides is 2. The van der Waals surface area contributed by atoms with Gasteiger partial charge in [-0.25, -0.2) is 5.43 Å². The summed E-state index contributed by atoms with van der Waals surface area (Å²) in [5.74, 6) is -0.444. The third-order valence-electron chi connectivity index (χ3n) is 2.98. The summed E-state index contributed by atoms with van der Waals surface area (Å²) in [5.41, 5.74) is 4.37. The average Bonchev–Trinajstić information content (AvgIpc) is 2.87. The fourth-order valence-corrected chi connectivity index (χ4v) is 1.97. The van der Waals surface area contributed by atoms with E-state index in [-0.39, 0.29) is 11.8 Å². The number of rotatable bonds is 2. The fourth-order valence-electron chi connectivity index (χ4n) is 1.97. The van der Waals surface area contributed by atoms with E-state index in [0.717, 1.165) is 10.9 Å². The number of fused-ring (bicyclic) bond motifs is 1. The fraction of sp³-hybridized carbons (Fsp3) is 0.154. The minimum atomic E-state index is -0.283. The van der Waals surface area contributed by atoms with Gasteiger partial charge in [0.15, 0.2) is 0 Å². The lowest BCUT2D eigenvalue weighted by molar-refractivity contribution is -0.121. The van der Waals surface area contributed by atoms with Crippen molar-refractivity contribution < 1.29 is 9.59 Å². The molecular formula is C13H12N4O2. The molecule has 3 N–H and O–H groups in total. The maximum atomic E-state index is 11.9. The average molecular weight is 256 g/mol. The summed E-state index contributed by atoms with van der Waals surface area (Å²) in [7, 11) is 0. The van der Waals surface area contributed by atoms with Crippen LogP contribution in [0.15, 0.2) is 35.6 Å². The van der Waals surface area contributed by atoms with Gasteiger partial charge in [0.05, 0.1) is 0 Å². The maximum absolute atomic E-state index is 11.9. The molecule has 19 heavy (non-hydrogen) atoms. The Kier molecular flexibility index (Phi) is 2.75. The number of benzene rings is 1. The molecule has 0 radical (unpaired) electrons. The molecule has 6 heteroatoms. The third-order valence-corrected chi connectivity index (χ3v) is 2.98. The smallest absolute Gasteiger partial charge is 0.271 e. The first kappa shape index (κ1) is 11.5. The minimum Gasteiger partial charge on any atom is -0.361 e. The van der Waals surface area contributed by atoms with Gasteiger partial charge in [-0.2, -0.15) is 5.10 Å². The van der Waals surface area contributed by atoms with Crippen molar-refractivity contribution in [3.05, 3.63) is 30.5 Å². The third kappa shape index (κ3) is 2.33. The van der Waals surface area contributed by atoms with Crippen LogP contribution in [0.3, 0.4) is 0 Å². The Balaban J connectivity index is 1.77. The molecule has 1 aliphatic heterocycles. The Morgan fingerprint density at radius 2 is 2.16 bits per heavy atom. The van der Waals surface area contributed by atoms with E-state index in [2.05, 4.69) is 20.8 Å². The molecule has 1 aromatic carbocycles. The summed E-state index contributed by atoms with van der Waals surface area (Å²) in [5, 5.41) is 7.56. The van der Waals surface area contributed by atoms with Crippen molar-refractivity contribution in [1.82, 2.24) is 10.4 Å². The van der Waals surface area contributed by atoms with Gasteiger partial charge in [-0.3, -0.25) is 9.59 Å². The molecule has 0 atom stereocenters. The molecule has 6 nitrogen and oxygen atoms in total. The van der Waals surface area contributed by atoms with Gasteiger partial charge in [-0.05, 0) is 24.3 Å². The zero-order valence-corrected chi connectivity index (χ0v) is 10.1. The lowest BCUT2D eigenvalue weighted by atomic mass is 10.1. The number of aromatic amines is 1. The molecule has 0 saturated heterocycles. The van der Waals surface area contributed by atoms with E-state index in [0.29, 0.717) is 24.2 Å². The number of hydrogen-bond acceptors (Lipinski definition) is 3. The summed E-state index contributed by atoms with van der Waals surface area (Å²) in [6, 6.07) is 7.53. The Hall–Kier alpha value is -2.63. The number of hydrazone groups is 1. The van der Waals surface area contributed by atoms with Crippen LogP contribution in [-0.4, -0.2) is 22.5 Å². The van der Waals surface area contributed by atoms with Crippen molar-refractivity contribution in [3.63, 3.8) is 0 Å². The van der Waals surface area contributed by atoms with E-state index < -0.39 is 0 Å². The minimum absolute atomic E-state index is 0.162. The van der Waals surface area contributed by atoms with Crippen LogP contribution < -0.4 is 10.7 Å². The quantitative estimate of drug-likeness (QED) is 0.758. The highest BCUT2D eigenvalue weighted by Gasteiger charge is 2.18. The Bertz CT molecular complexity index is 687. The van der Waals surface area contributed by atoms with E-state index in [1.54, 1.807) is 0 Å². The zero-order chi connectivity index (χ0) is 13.2. The van der Waals surface area contributed by atoms with E-state index >= 15 is 0 Å². The van der Waals surface area contributed by atoms with Crippen LogP contribution in [-0.2, 0) is 9.59 Å². The number of hydrogen-bond donors (Lipinski definition) is 3. The van der Waals surface area contributed by atoms with Crippen molar-refractivity contribution in [2.24, 2.45) is 5.10 Å². The summed E-state index contributed by atoms with van der Waals surface area (Å²) in [6.07, 6.45) is 2.50. The molecule has 0 unspecified atom stereocenters. The van der Waals surface area contributed by atoms with E-state index in [1.807, 2.05) is 30.5 Å². The molecule has 1 aromatic heterocycles. The molecule has 96 valence electrons. The monoisotopic (exact) mass is 256 g/mol. The van der Waals surface area contributed by atoms with Crippen molar-refractivity contribution in [2.75, 3.05) is 5.32 Å². The van der Waals surface area contributed by atoms with Gasteiger partial charge < -0.3 is 10.3 Å². The molecule has 2 aromatic rings. The highest BCUT2D eigenvalue weighted by atomic mass is 16.2. The number of aromatic nitrogens is 1. The molecule has 3 rings (SSSR count). The van der Waals surface area contributed by atoms with Crippen LogP contribution >= 0.6 is 0 Å². The Labute approximate surface area is 108 Å². The highest BCUT2D eigenvalue weighted by Crippen LogP contribution is 2.18. The highest BCUT2D eigenvalue weighted by molar-refractivity contribution is 6.43. The molecule has 0 fully saturated rings. The summed E-state index contributed by atoms with van der Waals surface area (Å²) in [6.45, 7) is 0. The second-order valence-electron chi connectivity index (χ2n) is 4.33. The molecule has 1 aliphatic rings. The van der Waals surface area contributed by atoms with Crippen LogP contribution in [0.1, 0.15) is 12.8 Å². The molecule has 0 spiro atoms. The number of carbonyl (C=O) groups is 2. The lowest BCUT2D eigenvalue weighted by Crippen LogP contribution is -2.32. The lowest BCUT2D eigenvalue weighted by Gasteiger charge is -2.12. The Morgan fingerprint density at radius 1 is 1.26 bits per heavy atom. The Morgan fingerprint density at radius 3 is 2.95 bits per heavy atom. The molecule has 2 heterocycles. The van der Waals surface area contributed by atoms with Crippen LogP contribution in [0.4, 0.5) is 5.69 Å². The number of carbonyl (C=O) groups excluding carboxylic acids is 2. The summed E-state index contributed by atoms with van der Waals surface area (Å²) >= 11 is 0. The predicted octanol–water partition coefficient (Wildman–Crippen LogP) is 1.37. The van der Waals surface area contributed by atoms with Crippen molar-refractivity contribution in [2.45, 2.75) is 12.8 Å². The van der Waals surface area contributed by atoms with Gasteiger partial charge in [0.2, 0.25) is 5.91 Å². The van der Waals surface area contributed by atoms with E-state index in [9.17, 15) is 9.59 Å². The van der Waals surface area contributed by atoms with Gasteiger partial charge in [-0.1, -0.05) is 0 Å². The molecule has 2 amide bonds. The van der Waals surface area contributed by atoms with Crippen molar-refractivity contribution >= 4 is 34.1 Å². The number of nitrogens with zero attached hydrogens (tertiary/aromatic N) is 1. The SMILES string of the molecule is O=C1CCC(C(=O)Nc2ccc3[nH]ccc3c2)=NN1. The first-order valence-corrected chi connectivity index (χ1v) is 5.96. The zero-order valence-electron chi connectivity index (χ0n) is 10.1. The second kappa shape index (κ2) is 4.56. The van der Waals surface area contributed by atoms with E-state index in [1.165, 1.54) is 0 Å². The number of anilines is 1. The number of nitrogens with one attached hydrogen (secondary N) is 3. The molecule has 0 saturated carbocycles. The normalized spacial score (nSPS) is 14.9. The van der Waals surface area contributed by atoms with Crippen LogP contribution in [0.25, 0.3) is 10.9 Å². The van der Waals surface area contributed by atoms with Gasteiger partial charge in [0, 0.05) is 35.6 Å². The topological polar surface area (TPSA) is 86.3 Å². The van der Waals surface area contributed by atoms with Gasteiger partial charge in [0.1, 0.15) is 5.71 Å². The molecular weight excluding hydrogens is 244 g/mol. The molecule has 0 aliphatic carbocycles. The van der Waals surface area contributed by atoms with Gasteiger partial charge in [-0.15, -0.1) is 0 Å². The largest absolute Gasteiger partial charge is 0.361 e. The van der Waals surface area contributed by atoms with E-state index in [4.69, 9.17) is 0 Å². The van der Waals surface area contributed by atoms with Gasteiger partial charge >= 0.3 is 0 Å². The standard InChI is InChI=1S/C13H12N4O2/c18-12-4-3-11(16-17-12)13(19)15-9-1-2-10-8(7-9)5-6-14-10/h1-2,5-7,14H,3-4H2,(H,15,19)(H,17,18). The molecule has 0 bridgehead atoms. The van der Waals surface area contributed by atoms with Crippen LogP contribution in [0.2, 0.25) is 0 Å². The summed E-state index contributed by atoms with van der Waals surface area (Å²) < 4.78 is 0. The van der Waals surface area contributed by atoms with Gasteiger partial charge in [0.25, 0.3) is 5.91 Å². The maximum Gasteiger partial charge on any atom is 0.271 e. The predicted molar refractivity (Wildman–Crippen MR) is 71.7 cm³/mol. The van der Waals surface area contributed by atoms with Crippen LogP contribution in [0, 0.1) is 0 Å². The van der Waals surface area contributed by atoms with Crippen molar-refractivity contribution in [1.29, 1.82) is 0 Å². The summed E-state index contributed by atoms with van der Waals surface area (Å²) in [4.78, 5) is 26.0. The van der Waals surface area contributed by atoms with Crippen molar-refractivity contribution in [3.8, 4) is 0 Å². The number of H-pyrrole nitrogens is 1. The first-order valence-electron chi connectivity index (χ1n) is 5.96. The first-order chi connectivity index (χ1) is 9.22.